The van der Waals surface area contributed by atoms with E-state index in [1.807, 2.05) is 12.1 Å². The van der Waals surface area contributed by atoms with E-state index in [2.05, 4.69) is 25.7 Å². The van der Waals surface area contributed by atoms with E-state index in [1.54, 1.807) is 21.9 Å². The van der Waals surface area contributed by atoms with Crippen molar-refractivity contribution in [2.24, 2.45) is 0 Å². The van der Waals surface area contributed by atoms with Crippen LogP contribution in [0, 0.1) is 10.1 Å². The molecule has 17 nitrogen and oxygen atoms in total. The second kappa shape index (κ2) is 15.1. The number of aliphatic carboxylic acids is 3. The molecule has 0 spiro atoms. The molecule has 0 amide bonds. The number of nitrogens with zero attached hydrogens (tertiary/aromatic N) is 6. The summed E-state index contributed by atoms with van der Waals surface area (Å²) in [5.41, 5.74) is 1.28. The van der Waals surface area contributed by atoms with Crippen molar-refractivity contribution in [2.45, 2.75) is 12.5 Å². The number of carbonyl (C=O) groups is 3. The van der Waals surface area contributed by atoms with E-state index >= 15 is 0 Å². The third-order valence-electron chi connectivity index (χ3n) is 7.21. The van der Waals surface area contributed by atoms with E-state index < -0.39 is 22.8 Å². The van der Waals surface area contributed by atoms with Crippen molar-refractivity contribution in [3.63, 3.8) is 0 Å². The van der Waals surface area contributed by atoms with Crippen molar-refractivity contribution >= 4 is 46.1 Å². The molecule has 5 N–H and O–H groups in total. The molecule has 1 aliphatic heterocycles. The van der Waals surface area contributed by atoms with Crippen LogP contribution in [-0.2, 0) is 20.8 Å². The number of aromatic nitrogens is 2. The lowest BCUT2D eigenvalue weighted by molar-refractivity contribution is -0.384. The van der Waals surface area contributed by atoms with Crippen molar-refractivity contribution in [3.05, 3.63) is 52.3 Å². The number of hydrogen-bond donors (Lipinski definition) is 5. The second-order valence-corrected chi connectivity index (χ2v) is 10.5. The van der Waals surface area contributed by atoms with Crippen LogP contribution in [0.25, 0.3) is 11.0 Å². The van der Waals surface area contributed by atoms with Crippen LogP contribution in [0.3, 0.4) is 0 Å². The van der Waals surface area contributed by atoms with Gasteiger partial charge in [0, 0.05) is 57.5 Å². The fourth-order valence-electron chi connectivity index (χ4n) is 5.03. The molecule has 1 aromatic carbocycles. The SMILES string of the molecule is O=C(O)CNC(Cc1ccc(Nc2ncc([N+](=O)[O-])c3oncc23)cc1)CN1CCN(CC(=O)O)CCN(CC(=O)O)CC1. The first-order valence-electron chi connectivity index (χ1n) is 13.9. The molecule has 1 unspecified atom stereocenters. The summed E-state index contributed by atoms with van der Waals surface area (Å²) < 4.78 is 5.04. The van der Waals surface area contributed by atoms with Gasteiger partial charge in [0.25, 0.3) is 0 Å². The molecule has 1 saturated heterocycles. The van der Waals surface area contributed by atoms with Gasteiger partial charge in [-0.1, -0.05) is 17.3 Å². The number of fused-ring (bicyclic) bond motifs is 1. The number of hydrogen-bond acceptors (Lipinski definition) is 13. The number of nitrogens with one attached hydrogen (secondary N) is 2. The Morgan fingerprint density at radius 3 is 2.05 bits per heavy atom. The Balaban J connectivity index is 1.45. The molecule has 4 rings (SSSR count). The average molecular weight is 615 g/mol. The Bertz CT molecular complexity index is 1440. The third kappa shape index (κ3) is 9.40. The molecule has 1 aliphatic rings. The number of carboxylic acids is 3. The van der Waals surface area contributed by atoms with Crippen LogP contribution < -0.4 is 10.6 Å². The van der Waals surface area contributed by atoms with Gasteiger partial charge in [0.1, 0.15) is 12.0 Å². The molecular formula is C27H34N8O9. The number of pyridine rings is 1. The number of anilines is 2. The largest absolute Gasteiger partial charge is 0.480 e. The first kappa shape index (κ1) is 32.2. The highest BCUT2D eigenvalue weighted by atomic mass is 16.6. The summed E-state index contributed by atoms with van der Waals surface area (Å²) in [6, 6.07) is 7.07. The van der Waals surface area contributed by atoms with Crippen molar-refractivity contribution in [2.75, 3.05) is 70.8 Å². The Labute approximate surface area is 251 Å². The van der Waals surface area contributed by atoms with Crippen LogP contribution >= 0.6 is 0 Å². The smallest absolute Gasteiger partial charge is 0.333 e. The van der Waals surface area contributed by atoms with E-state index in [4.69, 9.17) is 4.52 Å². The Morgan fingerprint density at radius 1 is 0.909 bits per heavy atom. The summed E-state index contributed by atoms with van der Waals surface area (Å²) in [5.74, 6) is -2.60. The van der Waals surface area contributed by atoms with Crippen molar-refractivity contribution in [3.8, 4) is 0 Å². The standard InChI is InChI=1S/C27H34N8O9/c36-23(37)14-28-20(15-32-5-7-33(16-24(38)39)9-10-34(8-6-32)17-25(40)41)11-18-1-3-19(4-2-18)31-27-21-12-30-44-26(21)22(13-29-27)35(42)43/h1-4,12-13,20,28H,5-11,14-17H2,(H,29,31)(H,36,37)(H,38,39)(H,40,41). The van der Waals surface area contributed by atoms with Gasteiger partial charge in [0.2, 0.25) is 5.58 Å². The molecule has 0 aliphatic carbocycles. The van der Waals surface area contributed by atoms with Gasteiger partial charge in [-0.05, 0) is 24.1 Å². The predicted octanol–water partition coefficient (Wildman–Crippen LogP) is 0.549. The van der Waals surface area contributed by atoms with E-state index in [0.29, 0.717) is 69.1 Å². The summed E-state index contributed by atoms with van der Waals surface area (Å²) in [4.78, 5) is 54.5. The third-order valence-corrected chi connectivity index (χ3v) is 7.21. The minimum Gasteiger partial charge on any atom is -0.480 e. The van der Waals surface area contributed by atoms with Crippen LogP contribution in [-0.4, -0.2) is 134 Å². The summed E-state index contributed by atoms with van der Waals surface area (Å²) >= 11 is 0. The summed E-state index contributed by atoms with van der Waals surface area (Å²) in [7, 11) is 0. The lowest BCUT2D eigenvalue weighted by atomic mass is 10.0. The molecular weight excluding hydrogens is 580 g/mol. The van der Waals surface area contributed by atoms with Gasteiger partial charge in [-0.3, -0.25) is 39.2 Å². The first-order chi connectivity index (χ1) is 21.1. The maximum atomic E-state index is 11.4. The maximum absolute atomic E-state index is 11.4. The van der Waals surface area contributed by atoms with Gasteiger partial charge in [-0.25, -0.2) is 4.98 Å². The molecule has 3 aromatic rings. The van der Waals surface area contributed by atoms with Gasteiger partial charge in [-0.2, -0.15) is 0 Å². The minimum absolute atomic E-state index is 0.00791. The maximum Gasteiger partial charge on any atom is 0.333 e. The zero-order valence-electron chi connectivity index (χ0n) is 23.8. The summed E-state index contributed by atoms with van der Waals surface area (Å²) in [6.07, 6.45) is 2.92. The molecule has 2 aromatic heterocycles. The van der Waals surface area contributed by atoms with Gasteiger partial charge in [0.15, 0.2) is 0 Å². The molecule has 236 valence electrons. The number of nitro groups is 1. The fraction of sp³-hybridized carbons (Fsp3) is 0.444. The predicted molar refractivity (Wildman–Crippen MR) is 156 cm³/mol. The lowest BCUT2D eigenvalue weighted by Gasteiger charge is -2.29. The molecule has 1 fully saturated rings. The highest BCUT2D eigenvalue weighted by Crippen LogP contribution is 2.30. The molecule has 3 heterocycles. The van der Waals surface area contributed by atoms with E-state index in [9.17, 15) is 39.8 Å². The van der Waals surface area contributed by atoms with Crippen LogP contribution in [0.2, 0.25) is 0 Å². The van der Waals surface area contributed by atoms with Gasteiger partial charge in [-0.15, -0.1) is 0 Å². The van der Waals surface area contributed by atoms with E-state index in [-0.39, 0.29) is 36.9 Å². The van der Waals surface area contributed by atoms with E-state index in [1.165, 1.54) is 6.20 Å². The van der Waals surface area contributed by atoms with Crippen molar-refractivity contribution in [1.29, 1.82) is 0 Å². The fourth-order valence-corrected chi connectivity index (χ4v) is 5.03. The number of benzene rings is 1. The molecule has 1 atom stereocenters. The monoisotopic (exact) mass is 614 g/mol. The number of rotatable bonds is 14. The molecule has 0 bridgehead atoms. The Kier molecular flexibility index (Phi) is 11.1. The van der Waals surface area contributed by atoms with Crippen LogP contribution in [0.4, 0.5) is 17.2 Å². The second-order valence-electron chi connectivity index (χ2n) is 10.5. The summed E-state index contributed by atoms with van der Waals surface area (Å²) in [5, 5.41) is 49.4. The minimum atomic E-state index is -1.00. The molecule has 0 saturated carbocycles. The van der Waals surface area contributed by atoms with Crippen molar-refractivity contribution in [1.82, 2.24) is 30.2 Å². The Morgan fingerprint density at radius 2 is 1.50 bits per heavy atom. The highest BCUT2D eigenvalue weighted by Gasteiger charge is 2.23. The molecule has 0 radical (unpaired) electrons. The Hall–Kier alpha value is -4.71. The lowest BCUT2D eigenvalue weighted by Crippen LogP contribution is -2.47. The zero-order chi connectivity index (χ0) is 31.6. The topological polar surface area (TPSA) is 228 Å². The number of carboxylic acid groups (broad SMARTS) is 3. The van der Waals surface area contributed by atoms with E-state index in [0.717, 1.165) is 11.8 Å². The van der Waals surface area contributed by atoms with Crippen LogP contribution in [0.15, 0.2) is 41.2 Å². The zero-order valence-corrected chi connectivity index (χ0v) is 23.8. The molecule has 17 heteroatoms. The average Bonchev–Trinajstić information content (AvgIpc) is 3.48. The van der Waals surface area contributed by atoms with Crippen LogP contribution in [0.5, 0.6) is 0 Å². The van der Waals surface area contributed by atoms with Gasteiger partial charge >= 0.3 is 23.6 Å². The normalized spacial score (nSPS) is 16.1. The van der Waals surface area contributed by atoms with Crippen molar-refractivity contribution < 1.29 is 39.1 Å². The highest BCUT2D eigenvalue weighted by molar-refractivity contribution is 5.94. The van der Waals surface area contributed by atoms with Gasteiger partial charge in [0.05, 0.1) is 36.1 Å². The summed E-state index contributed by atoms with van der Waals surface area (Å²) in [6.45, 7) is 2.72. The molecule has 44 heavy (non-hydrogen) atoms. The van der Waals surface area contributed by atoms with Crippen LogP contribution in [0.1, 0.15) is 5.56 Å². The quantitative estimate of drug-likeness (QED) is 0.123. The first-order valence-corrected chi connectivity index (χ1v) is 13.9. The van der Waals surface area contributed by atoms with Gasteiger partial charge < -0.3 is 30.5 Å².